The Morgan fingerprint density at radius 3 is 1.56 bits per heavy atom. The fourth-order valence-corrected chi connectivity index (χ4v) is 3.74. The Morgan fingerprint density at radius 2 is 1.11 bits per heavy atom. The molecule has 0 N–H and O–H groups in total. The summed E-state index contributed by atoms with van der Waals surface area (Å²) in [5, 5.41) is 4.39. The van der Waals surface area contributed by atoms with Gasteiger partial charge in [0.1, 0.15) is 23.0 Å². The molecule has 0 radical (unpaired) electrons. The van der Waals surface area contributed by atoms with E-state index in [9.17, 15) is 0 Å². The summed E-state index contributed by atoms with van der Waals surface area (Å²) in [6, 6.07) is 20.3. The van der Waals surface area contributed by atoms with Gasteiger partial charge >= 0.3 is 0 Å². The molecule has 4 aromatic rings. The van der Waals surface area contributed by atoms with Crippen LogP contribution in [-0.2, 0) is 0 Å². The van der Waals surface area contributed by atoms with Crippen LogP contribution in [-0.4, -0.2) is 21.0 Å². The summed E-state index contributed by atoms with van der Waals surface area (Å²) < 4.78 is 22.6. The van der Waals surface area contributed by atoms with Gasteiger partial charge in [0.2, 0.25) is 6.79 Å². The zero-order chi connectivity index (χ0) is 18.4. The number of benzene rings is 4. The summed E-state index contributed by atoms with van der Waals surface area (Å²) in [6.45, 7) is 0.184. The van der Waals surface area contributed by atoms with Crippen molar-refractivity contribution in [1.29, 1.82) is 0 Å². The van der Waals surface area contributed by atoms with Gasteiger partial charge < -0.3 is 18.9 Å². The zero-order valence-electron chi connectivity index (χ0n) is 15.1. The minimum absolute atomic E-state index is 0.184. The molecule has 4 aromatic carbocycles. The molecule has 0 fully saturated rings. The van der Waals surface area contributed by atoms with Crippen molar-refractivity contribution in [3.8, 4) is 34.1 Å². The van der Waals surface area contributed by atoms with Gasteiger partial charge in [0, 0.05) is 11.1 Å². The molecule has 0 unspecified atom stereocenters. The van der Waals surface area contributed by atoms with Crippen molar-refractivity contribution in [1.82, 2.24) is 0 Å². The highest BCUT2D eigenvalue weighted by Crippen LogP contribution is 2.47. The van der Waals surface area contributed by atoms with Crippen LogP contribution in [0.1, 0.15) is 0 Å². The fourth-order valence-electron chi connectivity index (χ4n) is 3.74. The second-order valence-electron chi connectivity index (χ2n) is 6.46. The molecule has 4 heteroatoms. The third-order valence-corrected chi connectivity index (χ3v) is 5.06. The molecule has 0 amide bonds. The van der Waals surface area contributed by atoms with Crippen LogP contribution in [0, 0.1) is 0 Å². The van der Waals surface area contributed by atoms with Crippen LogP contribution >= 0.6 is 0 Å². The molecular weight excluding hydrogens is 340 g/mol. The summed E-state index contributed by atoms with van der Waals surface area (Å²) in [6.07, 6.45) is 0. The SMILES string of the molecule is COc1ccc2c3c(ccc2c1)OCOc1ccc2cc(OC)ccc2c1-3. The van der Waals surface area contributed by atoms with E-state index in [1.807, 2.05) is 36.4 Å². The molecule has 1 heterocycles. The van der Waals surface area contributed by atoms with Crippen molar-refractivity contribution in [3.63, 3.8) is 0 Å². The van der Waals surface area contributed by atoms with Crippen LogP contribution < -0.4 is 18.9 Å². The molecule has 0 saturated carbocycles. The van der Waals surface area contributed by atoms with E-state index < -0.39 is 0 Å². The van der Waals surface area contributed by atoms with Crippen LogP contribution in [0.15, 0.2) is 60.7 Å². The van der Waals surface area contributed by atoms with Crippen molar-refractivity contribution in [2.75, 3.05) is 21.0 Å². The molecule has 4 nitrogen and oxygen atoms in total. The fraction of sp³-hybridized carbons (Fsp3) is 0.130. The van der Waals surface area contributed by atoms with Crippen LogP contribution in [0.4, 0.5) is 0 Å². The van der Waals surface area contributed by atoms with E-state index in [-0.39, 0.29) is 6.79 Å². The Labute approximate surface area is 156 Å². The quantitative estimate of drug-likeness (QED) is 0.480. The van der Waals surface area contributed by atoms with Crippen LogP contribution in [0.2, 0.25) is 0 Å². The van der Waals surface area contributed by atoms with E-state index in [1.165, 1.54) is 0 Å². The average molecular weight is 358 g/mol. The maximum atomic E-state index is 5.91. The van der Waals surface area contributed by atoms with E-state index in [0.717, 1.165) is 55.7 Å². The van der Waals surface area contributed by atoms with E-state index in [1.54, 1.807) is 14.2 Å². The number of hydrogen-bond donors (Lipinski definition) is 0. The smallest absolute Gasteiger partial charge is 0.230 e. The van der Waals surface area contributed by atoms with Gasteiger partial charge in [-0.25, -0.2) is 0 Å². The third kappa shape index (κ3) is 2.45. The third-order valence-electron chi connectivity index (χ3n) is 5.06. The first-order valence-corrected chi connectivity index (χ1v) is 8.76. The lowest BCUT2D eigenvalue weighted by Crippen LogP contribution is -2.03. The normalized spacial score (nSPS) is 12.5. The molecule has 1 aliphatic heterocycles. The van der Waals surface area contributed by atoms with E-state index in [4.69, 9.17) is 18.9 Å². The maximum absolute atomic E-state index is 5.91. The summed E-state index contributed by atoms with van der Waals surface area (Å²) in [4.78, 5) is 0. The summed E-state index contributed by atoms with van der Waals surface area (Å²) >= 11 is 0. The second kappa shape index (κ2) is 6.09. The zero-order valence-corrected chi connectivity index (χ0v) is 15.1. The van der Waals surface area contributed by atoms with Gasteiger partial charge in [-0.1, -0.05) is 12.1 Å². The Kier molecular flexibility index (Phi) is 3.57. The first-order valence-electron chi connectivity index (χ1n) is 8.76. The van der Waals surface area contributed by atoms with Gasteiger partial charge in [0.05, 0.1) is 14.2 Å². The highest BCUT2D eigenvalue weighted by molar-refractivity contribution is 6.10. The summed E-state index contributed by atoms with van der Waals surface area (Å²) in [7, 11) is 3.36. The predicted molar refractivity (Wildman–Crippen MR) is 106 cm³/mol. The number of ether oxygens (including phenoxy) is 4. The Hall–Kier alpha value is -3.40. The molecule has 0 spiro atoms. The van der Waals surface area contributed by atoms with Crippen LogP contribution in [0.5, 0.6) is 23.0 Å². The molecular formula is C23H18O4. The molecule has 0 atom stereocenters. The standard InChI is InChI=1S/C23H18O4/c1-24-16-5-7-18-14(11-16)3-9-20-22(18)23-19-8-6-17(25-2)12-15(19)4-10-21(23)27-13-26-20/h3-12H,13H2,1-2H3. The summed E-state index contributed by atoms with van der Waals surface area (Å²) in [5.41, 5.74) is 2.08. The lowest BCUT2D eigenvalue weighted by Gasteiger charge is -2.14. The molecule has 134 valence electrons. The molecule has 0 bridgehead atoms. The van der Waals surface area contributed by atoms with E-state index in [2.05, 4.69) is 24.3 Å². The van der Waals surface area contributed by atoms with Gasteiger partial charge in [-0.2, -0.15) is 0 Å². The minimum Gasteiger partial charge on any atom is -0.497 e. The van der Waals surface area contributed by atoms with E-state index in [0.29, 0.717) is 0 Å². The van der Waals surface area contributed by atoms with Gasteiger partial charge in [0.25, 0.3) is 0 Å². The number of hydrogen-bond acceptors (Lipinski definition) is 4. The van der Waals surface area contributed by atoms with E-state index >= 15 is 0 Å². The molecule has 0 saturated heterocycles. The molecule has 0 aromatic heterocycles. The molecule has 5 rings (SSSR count). The molecule has 27 heavy (non-hydrogen) atoms. The van der Waals surface area contributed by atoms with Crippen LogP contribution in [0.25, 0.3) is 32.7 Å². The summed E-state index contributed by atoms with van der Waals surface area (Å²) in [5.74, 6) is 3.29. The van der Waals surface area contributed by atoms with Gasteiger partial charge in [-0.3, -0.25) is 0 Å². The van der Waals surface area contributed by atoms with Gasteiger partial charge in [-0.05, 0) is 70.1 Å². The molecule has 1 aliphatic rings. The number of rotatable bonds is 2. The maximum Gasteiger partial charge on any atom is 0.230 e. The van der Waals surface area contributed by atoms with Crippen molar-refractivity contribution in [2.24, 2.45) is 0 Å². The second-order valence-corrected chi connectivity index (χ2v) is 6.46. The number of fused-ring (bicyclic) bond motifs is 7. The Bertz CT molecular complexity index is 1090. The topological polar surface area (TPSA) is 36.9 Å². The highest BCUT2D eigenvalue weighted by atomic mass is 16.7. The van der Waals surface area contributed by atoms with Crippen molar-refractivity contribution in [3.05, 3.63) is 60.7 Å². The lowest BCUT2D eigenvalue weighted by molar-refractivity contribution is 0.125. The Morgan fingerprint density at radius 1 is 0.630 bits per heavy atom. The number of methoxy groups -OCH3 is 2. The van der Waals surface area contributed by atoms with Crippen molar-refractivity contribution < 1.29 is 18.9 Å². The first kappa shape index (κ1) is 15.8. The van der Waals surface area contributed by atoms with Crippen LogP contribution in [0.3, 0.4) is 0 Å². The average Bonchev–Trinajstić information content (AvgIpc) is 2.92. The van der Waals surface area contributed by atoms with Crippen molar-refractivity contribution >= 4 is 21.5 Å². The van der Waals surface area contributed by atoms with Gasteiger partial charge in [0.15, 0.2) is 0 Å². The lowest BCUT2D eigenvalue weighted by atomic mass is 9.92. The monoisotopic (exact) mass is 358 g/mol. The first-order chi connectivity index (χ1) is 13.3. The van der Waals surface area contributed by atoms with Gasteiger partial charge in [-0.15, -0.1) is 0 Å². The largest absolute Gasteiger partial charge is 0.497 e. The molecule has 0 aliphatic carbocycles. The van der Waals surface area contributed by atoms with Crippen molar-refractivity contribution in [2.45, 2.75) is 0 Å². The minimum atomic E-state index is 0.184. The predicted octanol–water partition coefficient (Wildman–Crippen LogP) is 5.41. The highest BCUT2D eigenvalue weighted by Gasteiger charge is 2.22. The Balaban J connectivity index is 1.89.